The summed E-state index contributed by atoms with van der Waals surface area (Å²) in [6.07, 6.45) is 1.71. The molecule has 0 saturated carbocycles. The zero-order valence-electron chi connectivity index (χ0n) is 9.59. The van der Waals surface area contributed by atoms with Crippen LogP contribution in [0.3, 0.4) is 0 Å². The summed E-state index contributed by atoms with van der Waals surface area (Å²) in [6, 6.07) is 1.98. The lowest BCUT2D eigenvalue weighted by molar-refractivity contribution is -0.137. The maximum atomic E-state index is 11.7. The second-order valence-electron chi connectivity index (χ2n) is 4.08. The standard InChI is InChI=1S/C11H16N2O3S/c12-4-6-17-8-10(14)13-5-3-9(7-13)1-2-11(15)16/h9H,1-3,5-8H2,(H,15,16). The molecule has 1 saturated heterocycles. The Balaban J connectivity index is 2.22. The van der Waals surface area contributed by atoms with Gasteiger partial charge in [0.05, 0.1) is 17.6 Å². The van der Waals surface area contributed by atoms with E-state index in [9.17, 15) is 9.59 Å². The largest absolute Gasteiger partial charge is 0.481 e. The van der Waals surface area contributed by atoms with Crippen molar-refractivity contribution in [1.29, 1.82) is 5.26 Å². The molecular weight excluding hydrogens is 240 g/mol. The highest BCUT2D eigenvalue weighted by Gasteiger charge is 2.26. The normalized spacial score (nSPS) is 19.0. The van der Waals surface area contributed by atoms with Crippen molar-refractivity contribution in [1.82, 2.24) is 4.90 Å². The number of nitriles is 1. The average molecular weight is 256 g/mol. The maximum Gasteiger partial charge on any atom is 0.303 e. The molecule has 0 bridgehead atoms. The number of nitrogens with zero attached hydrogens (tertiary/aromatic N) is 2. The van der Waals surface area contributed by atoms with Crippen LogP contribution in [0.25, 0.3) is 0 Å². The molecule has 17 heavy (non-hydrogen) atoms. The SMILES string of the molecule is N#CCSCC(=O)N1CCC(CCC(=O)O)C1. The molecule has 0 aliphatic carbocycles. The number of hydrogen-bond donors (Lipinski definition) is 1. The molecule has 1 fully saturated rings. The van der Waals surface area contributed by atoms with E-state index >= 15 is 0 Å². The van der Waals surface area contributed by atoms with E-state index in [4.69, 9.17) is 10.4 Å². The van der Waals surface area contributed by atoms with Crippen LogP contribution in [0.15, 0.2) is 0 Å². The van der Waals surface area contributed by atoms with Crippen molar-refractivity contribution in [2.75, 3.05) is 24.6 Å². The highest BCUT2D eigenvalue weighted by atomic mass is 32.2. The number of hydrogen-bond acceptors (Lipinski definition) is 4. The van der Waals surface area contributed by atoms with Gasteiger partial charge < -0.3 is 10.0 Å². The monoisotopic (exact) mass is 256 g/mol. The second-order valence-corrected chi connectivity index (χ2v) is 5.06. The number of carboxylic acid groups (broad SMARTS) is 1. The van der Waals surface area contributed by atoms with Gasteiger partial charge in [0.1, 0.15) is 0 Å². The molecule has 5 nitrogen and oxygen atoms in total. The summed E-state index contributed by atoms with van der Waals surface area (Å²) in [4.78, 5) is 23.9. The number of likely N-dealkylation sites (tertiary alicyclic amines) is 1. The highest BCUT2D eigenvalue weighted by Crippen LogP contribution is 2.21. The molecule has 1 heterocycles. The van der Waals surface area contributed by atoms with Crippen molar-refractivity contribution in [3.8, 4) is 6.07 Å². The second kappa shape index (κ2) is 7.17. The van der Waals surface area contributed by atoms with Gasteiger partial charge in [-0.2, -0.15) is 5.26 Å². The molecule has 94 valence electrons. The number of thioether (sulfide) groups is 1. The van der Waals surface area contributed by atoms with Crippen molar-refractivity contribution < 1.29 is 14.7 Å². The minimum Gasteiger partial charge on any atom is -0.481 e. The van der Waals surface area contributed by atoms with Crippen molar-refractivity contribution in [2.24, 2.45) is 5.92 Å². The Kier molecular flexibility index (Phi) is 5.84. The third-order valence-electron chi connectivity index (χ3n) is 2.80. The van der Waals surface area contributed by atoms with Crippen molar-refractivity contribution >= 4 is 23.6 Å². The van der Waals surface area contributed by atoms with Crippen LogP contribution >= 0.6 is 11.8 Å². The Hall–Kier alpha value is -1.22. The molecule has 1 rings (SSSR count). The summed E-state index contributed by atoms with van der Waals surface area (Å²) in [6.45, 7) is 1.38. The Morgan fingerprint density at radius 3 is 2.94 bits per heavy atom. The van der Waals surface area contributed by atoms with Crippen molar-refractivity contribution in [3.63, 3.8) is 0 Å². The molecule has 1 unspecified atom stereocenters. The first-order chi connectivity index (χ1) is 8.13. The van der Waals surface area contributed by atoms with Gasteiger partial charge in [0.25, 0.3) is 0 Å². The van der Waals surface area contributed by atoms with Crippen LogP contribution in [-0.4, -0.2) is 46.5 Å². The van der Waals surface area contributed by atoms with Crippen LogP contribution in [0.1, 0.15) is 19.3 Å². The van der Waals surface area contributed by atoms with Crippen LogP contribution in [0.4, 0.5) is 0 Å². The molecule has 0 aromatic carbocycles. The van der Waals surface area contributed by atoms with E-state index in [2.05, 4.69) is 0 Å². The summed E-state index contributed by atoms with van der Waals surface area (Å²) in [5.41, 5.74) is 0. The van der Waals surface area contributed by atoms with Crippen LogP contribution < -0.4 is 0 Å². The number of carbonyl (C=O) groups is 2. The molecule has 1 N–H and O–H groups in total. The van der Waals surface area contributed by atoms with E-state index in [-0.39, 0.29) is 12.3 Å². The Labute approximate surface area is 105 Å². The van der Waals surface area contributed by atoms with Gasteiger partial charge in [-0.1, -0.05) is 0 Å². The molecule has 1 atom stereocenters. The van der Waals surface area contributed by atoms with Gasteiger partial charge in [0, 0.05) is 19.5 Å². The van der Waals surface area contributed by atoms with Crippen LogP contribution in [0.5, 0.6) is 0 Å². The minimum atomic E-state index is -0.778. The maximum absolute atomic E-state index is 11.7. The molecular formula is C11H16N2O3S. The molecule has 0 aromatic rings. The van der Waals surface area contributed by atoms with Gasteiger partial charge in [-0.25, -0.2) is 0 Å². The van der Waals surface area contributed by atoms with Gasteiger partial charge >= 0.3 is 5.97 Å². The molecule has 1 aliphatic rings. The first-order valence-electron chi connectivity index (χ1n) is 5.57. The Morgan fingerprint density at radius 2 is 2.29 bits per heavy atom. The van der Waals surface area contributed by atoms with Crippen LogP contribution in [-0.2, 0) is 9.59 Å². The molecule has 6 heteroatoms. The zero-order chi connectivity index (χ0) is 12.7. The average Bonchev–Trinajstić information content (AvgIpc) is 2.75. The van der Waals surface area contributed by atoms with E-state index in [1.807, 2.05) is 6.07 Å². The Morgan fingerprint density at radius 1 is 1.53 bits per heavy atom. The third kappa shape index (κ3) is 5.09. The summed E-state index contributed by atoms with van der Waals surface area (Å²) in [5, 5.41) is 16.9. The molecule has 0 radical (unpaired) electrons. The summed E-state index contributed by atoms with van der Waals surface area (Å²) in [5.74, 6) is 0.278. The molecule has 1 amide bonds. The van der Waals surface area contributed by atoms with E-state index in [1.54, 1.807) is 4.90 Å². The number of carbonyl (C=O) groups excluding carboxylic acids is 1. The first-order valence-corrected chi connectivity index (χ1v) is 6.73. The number of rotatable bonds is 6. The number of carboxylic acids is 1. The van der Waals surface area contributed by atoms with Gasteiger partial charge in [0.2, 0.25) is 5.91 Å². The fourth-order valence-corrected chi connectivity index (χ4v) is 2.45. The fourth-order valence-electron chi connectivity index (χ4n) is 1.90. The summed E-state index contributed by atoms with van der Waals surface area (Å²) in [7, 11) is 0. The van der Waals surface area contributed by atoms with Gasteiger partial charge in [-0.3, -0.25) is 9.59 Å². The summed E-state index contributed by atoms with van der Waals surface area (Å²) < 4.78 is 0. The van der Waals surface area contributed by atoms with E-state index in [0.29, 0.717) is 30.4 Å². The smallest absolute Gasteiger partial charge is 0.303 e. The molecule has 1 aliphatic heterocycles. The van der Waals surface area contributed by atoms with Crippen LogP contribution in [0.2, 0.25) is 0 Å². The van der Waals surface area contributed by atoms with E-state index in [0.717, 1.165) is 13.0 Å². The highest BCUT2D eigenvalue weighted by molar-refractivity contribution is 8.00. The van der Waals surface area contributed by atoms with Gasteiger partial charge in [-0.05, 0) is 18.8 Å². The minimum absolute atomic E-state index is 0.0584. The zero-order valence-corrected chi connectivity index (χ0v) is 10.4. The van der Waals surface area contributed by atoms with Crippen molar-refractivity contribution in [3.05, 3.63) is 0 Å². The topological polar surface area (TPSA) is 81.4 Å². The van der Waals surface area contributed by atoms with Gasteiger partial charge in [0.15, 0.2) is 0 Å². The molecule has 0 spiro atoms. The first kappa shape index (κ1) is 13.8. The lowest BCUT2D eigenvalue weighted by atomic mass is 10.0. The van der Waals surface area contributed by atoms with Crippen LogP contribution in [0, 0.1) is 17.2 Å². The van der Waals surface area contributed by atoms with Crippen molar-refractivity contribution in [2.45, 2.75) is 19.3 Å². The van der Waals surface area contributed by atoms with E-state index < -0.39 is 5.97 Å². The number of aliphatic carboxylic acids is 1. The lowest BCUT2D eigenvalue weighted by Gasteiger charge is -2.15. The predicted octanol–water partition coefficient (Wildman–Crippen LogP) is 0.956. The quantitative estimate of drug-likeness (QED) is 0.716. The number of amides is 1. The fraction of sp³-hybridized carbons (Fsp3) is 0.727. The summed E-state index contributed by atoms with van der Waals surface area (Å²) >= 11 is 1.32. The van der Waals surface area contributed by atoms with E-state index in [1.165, 1.54) is 11.8 Å². The lowest BCUT2D eigenvalue weighted by Crippen LogP contribution is -2.30. The Bertz CT molecular complexity index is 327. The predicted molar refractivity (Wildman–Crippen MR) is 64.5 cm³/mol. The van der Waals surface area contributed by atoms with Gasteiger partial charge in [-0.15, -0.1) is 11.8 Å². The molecule has 0 aromatic heterocycles. The third-order valence-corrected chi connectivity index (χ3v) is 3.58.